The highest BCUT2D eigenvalue weighted by atomic mass is 16.3. The first-order chi connectivity index (χ1) is 8.29. The van der Waals surface area contributed by atoms with Crippen molar-refractivity contribution in [3.63, 3.8) is 0 Å². The van der Waals surface area contributed by atoms with Gasteiger partial charge in [0.25, 0.3) is 0 Å². The number of nitrogen functional groups attached to an aromatic ring is 1. The van der Waals surface area contributed by atoms with Crippen molar-refractivity contribution in [3.8, 4) is 0 Å². The molecule has 17 heavy (non-hydrogen) atoms. The lowest BCUT2D eigenvalue weighted by atomic mass is 10.00. The van der Waals surface area contributed by atoms with Crippen LogP contribution in [-0.4, -0.2) is 45.5 Å². The Labute approximate surface area is 102 Å². The third-order valence-electron chi connectivity index (χ3n) is 3.49. The molecular formula is C12H22N4O. The molecule has 1 unspecified atom stereocenters. The largest absolute Gasteiger partial charge is 0.396 e. The minimum atomic E-state index is 0.288. The summed E-state index contributed by atoms with van der Waals surface area (Å²) in [6.07, 6.45) is 6.57. The van der Waals surface area contributed by atoms with E-state index in [0.717, 1.165) is 26.1 Å². The fourth-order valence-electron chi connectivity index (χ4n) is 2.56. The highest BCUT2D eigenvalue weighted by molar-refractivity contribution is 5.23. The van der Waals surface area contributed by atoms with Gasteiger partial charge in [0, 0.05) is 25.4 Å². The molecule has 0 bridgehead atoms. The van der Waals surface area contributed by atoms with E-state index in [1.807, 2.05) is 16.9 Å². The first-order valence-corrected chi connectivity index (χ1v) is 6.43. The van der Waals surface area contributed by atoms with E-state index < -0.39 is 0 Å². The number of nitrogens with zero attached hydrogens (tertiary/aromatic N) is 3. The SMILES string of the molecule is Nc1ccn(CCN2CCCCC2CCO)n1. The second kappa shape index (κ2) is 6.02. The predicted molar refractivity (Wildman–Crippen MR) is 67.6 cm³/mol. The number of likely N-dealkylation sites (tertiary alicyclic amines) is 1. The fourth-order valence-corrected chi connectivity index (χ4v) is 2.56. The summed E-state index contributed by atoms with van der Waals surface area (Å²) in [6, 6.07) is 2.36. The van der Waals surface area contributed by atoms with Crippen LogP contribution < -0.4 is 5.73 Å². The van der Waals surface area contributed by atoms with Gasteiger partial charge >= 0.3 is 0 Å². The van der Waals surface area contributed by atoms with Crippen LogP contribution in [0.5, 0.6) is 0 Å². The predicted octanol–water partition coefficient (Wildman–Crippen LogP) is 0.702. The zero-order valence-electron chi connectivity index (χ0n) is 10.3. The summed E-state index contributed by atoms with van der Waals surface area (Å²) in [5.41, 5.74) is 5.58. The molecule has 1 fully saturated rings. The molecule has 1 aromatic heterocycles. The Bertz CT molecular complexity index is 337. The molecule has 1 aliphatic rings. The van der Waals surface area contributed by atoms with Gasteiger partial charge in [-0.25, -0.2) is 0 Å². The molecule has 3 N–H and O–H groups in total. The zero-order valence-corrected chi connectivity index (χ0v) is 10.3. The van der Waals surface area contributed by atoms with E-state index in [9.17, 15) is 0 Å². The Morgan fingerprint density at radius 2 is 2.29 bits per heavy atom. The van der Waals surface area contributed by atoms with Crippen molar-refractivity contribution in [2.45, 2.75) is 38.3 Å². The first kappa shape index (κ1) is 12.4. The van der Waals surface area contributed by atoms with Gasteiger partial charge in [0.05, 0.1) is 6.54 Å². The van der Waals surface area contributed by atoms with E-state index in [4.69, 9.17) is 10.8 Å². The Kier molecular flexibility index (Phi) is 4.39. The normalized spacial score (nSPS) is 21.8. The lowest BCUT2D eigenvalue weighted by Gasteiger charge is -2.35. The fraction of sp³-hybridized carbons (Fsp3) is 0.750. The summed E-state index contributed by atoms with van der Waals surface area (Å²) < 4.78 is 1.89. The molecule has 0 aliphatic carbocycles. The van der Waals surface area contributed by atoms with Crippen LogP contribution in [0.15, 0.2) is 12.3 Å². The molecule has 2 rings (SSSR count). The molecule has 1 aliphatic heterocycles. The van der Waals surface area contributed by atoms with Crippen molar-refractivity contribution in [1.29, 1.82) is 0 Å². The van der Waals surface area contributed by atoms with E-state index in [-0.39, 0.29) is 6.61 Å². The average Bonchev–Trinajstić information content (AvgIpc) is 2.74. The van der Waals surface area contributed by atoms with Crippen LogP contribution in [0, 0.1) is 0 Å². The van der Waals surface area contributed by atoms with Crippen molar-refractivity contribution in [1.82, 2.24) is 14.7 Å². The Morgan fingerprint density at radius 3 is 3.00 bits per heavy atom. The number of hydrogen-bond donors (Lipinski definition) is 2. The number of nitrogens with two attached hydrogens (primary N) is 1. The van der Waals surface area contributed by atoms with Gasteiger partial charge < -0.3 is 10.8 Å². The first-order valence-electron chi connectivity index (χ1n) is 6.43. The van der Waals surface area contributed by atoms with Crippen molar-refractivity contribution in [3.05, 3.63) is 12.3 Å². The number of anilines is 1. The maximum absolute atomic E-state index is 9.06. The van der Waals surface area contributed by atoms with E-state index in [2.05, 4.69) is 10.00 Å². The molecule has 1 atom stereocenters. The van der Waals surface area contributed by atoms with Gasteiger partial charge in [-0.1, -0.05) is 6.42 Å². The minimum Gasteiger partial charge on any atom is -0.396 e. The lowest BCUT2D eigenvalue weighted by Crippen LogP contribution is -2.41. The smallest absolute Gasteiger partial charge is 0.145 e. The molecule has 1 saturated heterocycles. The quantitative estimate of drug-likeness (QED) is 0.792. The zero-order chi connectivity index (χ0) is 12.1. The van der Waals surface area contributed by atoms with Gasteiger partial charge in [-0.05, 0) is 31.9 Å². The van der Waals surface area contributed by atoms with Gasteiger partial charge in [-0.2, -0.15) is 5.10 Å². The summed E-state index contributed by atoms with van der Waals surface area (Å²) in [4.78, 5) is 2.47. The molecule has 2 heterocycles. The molecule has 1 aromatic rings. The number of aliphatic hydroxyl groups is 1. The van der Waals surface area contributed by atoms with Crippen LogP contribution in [0.25, 0.3) is 0 Å². The van der Waals surface area contributed by atoms with Gasteiger partial charge in [-0.15, -0.1) is 0 Å². The van der Waals surface area contributed by atoms with Crippen LogP contribution in [0.3, 0.4) is 0 Å². The summed E-state index contributed by atoms with van der Waals surface area (Å²) >= 11 is 0. The van der Waals surface area contributed by atoms with Crippen LogP contribution in [0.4, 0.5) is 5.82 Å². The van der Waals surface area contributed by atoms with Crippen molar-refractivity contribution in [2.24, 2.45) is 0 Å². The molecule has 0 amide bonds. The summed E-state index contributed by atoms with van der Waals surface area (Å²) in [5.74, 6) is 0.579. The summed E-state index contributed by atoms with van der Waals surface area (Å²) in [7, 11) is 0. The van der Waals surface area contributed by atoms with Crippen LogP contribution in [0.1, 0.15) is 25.7 Å². The summed E-state index contributed by atoms with van der Waals surface area (Å²) in [5, 5.41) is 13.2. The Balaban J connectivity index is 1.83. The standard InChI is InChI=1S/C12H22N4O/c13-12-4-7-16(14-12)9-8-15-6-2-1-3-11(15)5-10-17/h4,7,11,17H,1-3,5-6,8-10H2,(H2,13,14). The average molecular weight is 238 g/mol. The molecule has 5 heteroatoms. The van der Waals surface area contributed by atoms with E-state index >= 15 is 0 Å². The second-order valence-corrected chi connectivity index (χ2v) is 4.70. The van der Waals surface area contributed by atoms with E-state index in [0.29, 0.717) is 11.9 Å². The maximum atomic E-state index is 9.06. The Hall–Kier alpha value is -1.07. The maximum Gasteiger partial charge on any atom is 0.145 e. The number of piperidine rings is 1. The molecule has 96 valence electrons. The number of aliphatic hydroxyl groups excluding tert-OH is 1. The van der Waals surface area contributed by atoms with Crippen LogP contribution in [0.2, 0.25) is 0 Å². The molecule has 0 saturated carbocycles. The Morgan fingerprint density at radius 1 is 1.41 bits per heavy atom. The second-order valence-electron chi connectivity index (χ2n) is 4.70. The van der Waals surface area contributed by atoms with Gasteiger partial charge in [-0.3, -0.25) is 9.58 Å². The van der Waals surface area contributed by atoms with Gasteiger partial charge in [0.2, 0.25) is 0 Å². The van der Waals surface area contributed by atoms with Crippen molar-refractivity contribution < 1.29 is 5.11 Å². The van der Waals surface area contributed by atoms with E-state index in [1.54, 1.807) is 0 Å². The number of rotatable bonds is 5. The molecule has 5 nitrogen and oxygen atoms in total. The van der Waals surface area contributed by atoms with Crippen molar-refractivity contribution >= 4 is 5.82 Å². The lowest BCUT2D eigenvalue weighted by molar-refractivity contribution is 0.114. The van der Waals surface area contributed by atoms with E-state index in [1.165, 1.54) is 19.3 Å². The number of hydrogen-bond acceptors (Lipinski definition) is 4. The third kappa shape index (κ3) is 3.44. The monoisotopic (exact) mass is 238 g/mol. The topological polar surface area (TPSA) is 67.3 Å². The van der Waals surface area contributed by atoms with Crippen molar-refractivity contribution in [2.75, 3.05) is 25.4 Å². The molecule has 0 aromatic carbocycles. The van der Waals surface area contributed by atoms with Gasteiger partial charge in [0.1, 0.15) is 5.82 Å². The minimum absolute atomic E-state index is 0.288. The van der Waals surface area contributed by atoms with Crippen LogP contribution in [-0.2, 0) is 6.54 Å². The molecule has 0 radical (unpaired) electrons. The third-order valence-corrected chi connectivity index (χ3v) is 3.49. The molecule has 0 spiro atoms. The highest BCUT2D eigenvalue weighted by Crippen LogP contribution is 2.19. The van der Waals surface area contributed by atoms with Gasteiger partial charge in [0.15, 0.2) is 0 Å². The highest BCUT2D eigenvalue weighted by Gasteiger charge is 2.21. The van der Waals surface area contributed by atoms with Crippen LogP contribution >= 0.6 is 0 Å². The number of aromatic nitrogens is 2. The molecular weight excluding hydrogens is 216 g/mol. The summed E-state index contributed by atoms with van der Waals surface area (Å²) in [6.45, 7) is 3.29.